The van der Waals surface area contributed by atoms with Crippen LogP contribution in [0.15, 0.2) is 12.2 Å². The molecule has 0 bridgehead atoms. The van der Waals surface area contributed by atoms with Gasteiger partial charge in [0.25, 0.3) is 0 Å². The summed E-state index contributed by atoms with van der Waals surface area (Å²) in [5.74, 6) is -0.408. The van der Waals surface area contributed by atoms with Crippen molar-refractivity contribution in [2.24, 2.45) is 0 Å². The minimum atomic E-state index is -2.96. The van der Waals surface area contributed by atoms with E-state index < -0.39 is 14.8 Å². The Labute approximate surface area is 136 Å². The maximum absolute atomic E-state index is 11.7. The van der Waals surface area contributed by atoms with E-state index in [2.05, 4.69) is 6.58 Å². The summed E-state index contributed by atoms with van der Waals surface area (Å²) < 4.78 is 23.5. The second-order valence-electron chi connectivity index (χ2n) is 6.38. The van der Waals surface area contributed by atoms with Gasteiger partial charge in [0.15, 0.2) is 0 Å². The normalized spacial score (nSPS) is 13.8. The van der Waals surface area contributed by atoms with Crippen molar-refractivity contribution in [1.29, 1.82) is 0 Å². The van der Waals surface area contributed by atoms with Crippen molar-refractivity contribution in [1.82, 2.24) is 0 Å². The van der Waals surface area contributed by atoms with Crippen LogP contribution < -0.4 is 0 Å². The van der Waals surface area contributed by atoms with Gasteiger partial charge in [-0.15, -0.1) is 0 Å². The first-order chi connectivity index (χ1) is 9.97. The van der Waals surface area contributed by atoms with Gasteiger partial charge < -0.3 is 18.0 Å². The molecule has 0 rings (SSSR count). The Kier molecular flexibility index (Phi) is 9.15. The molecule has 0 N–H and O–H groups in total. The molecule has 0 aromatic heterocycles. The minimum Gasteiger partial charge on any atom is -0.459 e. The molecule has 5 nitrogen and oxygen atoms in total. The van der Waals surface area contributed by atoms with Crippen molar-refractivity contribution in [2.45, 2.75) is 85.8 Å². The quantitative estimate of drug-likeness (QED) is 0.347. The van der Waals surface area contributed by atoms with Gasteiger partial charge in [-0.05, 0) is 55.4 Å². The number of rotatable bonds is 10. The zero-order chi connectivity index (χ0) is 17.5. The SMILES string of the molecule is C=C(C)C(=O)OC(C)C[Si](OC(C)C)(OC(C)C)OC(C)C. The summed E-state index contributed by atoms with van der Waals surface area (Å²) >= 11 is 0. The fraction of sp³-hybridized carbons (Fsp3) is 0.812. The van der Waals surface area contributed by atoms with Gasteiger partial charge >= 0.3 is 14.8 Å². The van der Waals surface area contributed by atoms with Gasteiger partial charge in [0, 0.05) is 23.9 Å². The summed E-state index contributed by atoms with van der Waals surface area (Å²) in [4.78, 5) is 11.7. The van der Waals surface area contributed by atoms with Gasteiger partial charge in [0.05, 0.1) is 6.04 Å². The highest BCUT2D eigenvalue weighted by atomic mass is 28.4. The number of carbonyl (C=O) groups excluding carboxylic acids is 1. The van der Waals surface area contributed by atoms with E-state index in [1.165, 1.54) is 0 Å². The number of hydrogen-bond donors (Lipinski definition) is 0. The van der Waals surface area contributed by atoms with E-state index in [0.29, 0.717) is 11.6 Å². The van der Waals surface area contributed by atoms with Crippen molar-refractivity contribution >= 4 is 14.8 Å². The predicted octanol–water partition coefficient (Wildman–Crippen LogP) is 3.71. The van der Waals surface area contributed by atoms with Crippen LogP contribution in [0.3, 0.4) is 0 Å². The van der Waals surface area contributed by atoms with Crippen molar-refractivity contribution < 1.29 is 22.8 Å². The van der Waals surface area contributed by atoms with Gasteiger partial charge in [-0.25, -0.2) is 4.79 Å². The van der Waals surface area contributed by atoms with Gasteiger partial charge in [-0.1, -0.05) is 6.58 Å². The summed E-state index contributed by atoms with van der Waals surface area (Å²) in [6.07, 6.45) is -0.471. The van der Waals surface area contributed by atoms with E-state index in [1.54, 1.807) is 6.92 Å². The maximum Gasteiger partial charge on any atom is 0.505 e. The molecular formula is C16H32O5Si. The Balaban J connectivity index is 5.16. The van der Waals surface area contributed by atoms with Crippen molar-refractivity contribution in [2.75, 3.05) is 0 Å². The van der Waals surface area contributed by atoms with Crippen LogP contribution in [0.1, 0.15) is 55.4 Å². The van der Waals surface area contributed by atoms with Crippen LogP contribution in [0, 0.1) is 0 Å². The number of hydrogen-bond acceptors (Lipinski definition) is 5. The molecular weight excluding hydrogens is 300 g/mol. The Morgan fingerprint density at radius 2 is 1.27 bits per heavy atom. The Bertz CT molecular complexity index is 339. The van der Waals surface area contributed by atoms with Gasteiger partial charge in [0.2, 0.25) is 0 Å². The van der Waals surface area contributed by atoms with Crippen molar-refractivity contribution in [3.63, 3.8) is 0 Å². The van der Waals surface area contributed by atoms with Crippen molar-refractivity contribution in [3.8, 4) is 0 Å². The molecule has 22 heavy (non-hydrogen) atoms. The molecule has 0 spiro atoms. The summed E-state index contributed by atoms with van der Waals surface area (Å²) in [5.41, 5.74) is 0.374. The molecule has 0 aromatic carbocycles. The largest absolute Gasteiger partial charge is 0.505 e. The average Bonchev–Trinajstić information content (AvgIpc) is 2.23. The smallest absolute Gasteiger partial charge is 0.459 e. The van der Waals surface area contributed by atoms with Crippen LogP contribution >= 0.6 is 0 Å². The molecule has 0 saturated carbocycles. The third kappa shape index (κ3) is 8.68. The molecule has 1 unspecified atom stereocenters. The molecule has 0 aliphatic rings. The molecule has 0 aromatic rings. The molecule has 0 aliphatic heterocycles. The van der Waals surface area contributed by atoms with E-state index in [4.69, 9.17) is 18.0 Å². The maximum atomic E-state index is 11.7. The second kappa shape index (κ2) is 9.45. The predicted molar refractivity (Wildman–Crippen MR) is 89.6 cm³/mol. The highest BCUT2D eigenvalue weighted by molar-refractivity contribution is 6.61. The molecule has 1 atom stereocenters. The van der Waals surface area contributed by atoms with Crippen LogP contribution in [0.25, 0.3) is 0 Å². The molecule has 0 heterocycles. The van der Waals surface area contributed by atoms with Gasteiger partial charge in [0.1, 0.15) is 6.10 Å². The van der Waals surface area contributed by atoms with E-state index in [9.17, 15) is 4.79 Å². The van der Waals surface area contributed by atoms with E-state index in [0.717, 1.165) is 0 Å². The fourth-order valence-corrected chi connectivity index (χ4v) is 5.38. The van der Waals surface area contributed by atoms with Crippen molar-refractivity contribution in [3.05, 3.63) is 12.2 Å². The Morgan fingerprint density at radius 3 is 1.55 bits per heavy atom. The van der Waals surface area contributed by atoms with E-state index in [-0.39, 0.29) is 24.4 Å². The number of carbonyl (C=O) groups is 1. The summed E-state index contributed by atoms with van der Waals surface area (Å²) in [6.45, 7) is 18.7. The average molecular weight is 333 g/mol. The molecule has 0 saturated heterocycles. The molecule has 0 amide bonds. The third-order valence-corrected chi connectivity index (χ3v) is 6.01. The topological polar surface area (TPSA) is 54.0 Å². The van der Waals surface area contributed by atoms with E-state index >= 15 is 0 Å². The Hall–Kier alpha value is -0.693. The molecule has 6 heteroatoms. The van der Waals surface area contributed by atoms with Gasteiger partial charge in [-0.2, -0.15) is 0 Å². The standard InChI is InChI=1S/C16H32O5Si/c1-11(2)16(17)18-15(9)10-22(19-12(3)4,20-13(5)6)21-14(7)8/h12-15H,1,10H2,2-9H3. The number of ether oxygens (including phenoxy) is 1. The van der Waals surface area contributed by atoms with Crippen LogP contribution in [-0.4, -0.2) is 39.2 Å². The lowest BCUT2D eigenvalue weighted by atomic mass is 10.3. The fourth-order valence-electron chi connectivity index (χ4n) is 1.98. The van der Waals surface area contributed by atoms with Crippen LogP contribution in [0.4, 0.5) is 0 Å². The molecule has 0 radical (unpaired) electrons. The highest BCUT2D eigenvalue weighted by Crippen LogP contribution is 2.25. The van der Waals surface area contributed by atoms with Crippen LogP contribution in [0.2, 0.25) is 6.04 Å². The van der Waals surface area contributed by atoms with Crippen LogP contribution in [0.5, 0.6) is 0 Å². The third-order valence-electron chi connectivity index (χ3n) is 2.44. The monoisotopic (exact) mass is 332 g/mol. The lowest BCUT2D eigenvalue weighted by Crippen LogP contribution is -2.52. The minimum absolute atomic E-state index is 0.0341. The number of esters is 1. The summed E-state index contributed by atoms with van der Waals surface area (Å²) in [6, 6.07) is 0.417. The second-order valence-corrected chi connectivity index (χ2v) is 8.86. The molecule has 0 fully saturated rings. The van der Waals surface area contributed by atoms with Crippen LogP contribution in [-0.2, 0) is 22.8 Å². The lowest BCUT2D eigenvalue weighted by molar-refractivity contribution is -0.143. The highest BCUT2D eigenvalue weighted by Gasteiger charge is 2.46. The zero-order valence-electron chi connectivity index (χ0n) is 15.3. The molecule has 130 valence electrons. The summed E-state index contributed by atoms with van der Waals surface area (Å²) in [7, 11) is -2.96. The first kappa shape index (κ1) is 21.3. The lowest BCUT2D eigenvalue weighted by Gasteiger charge is -2.35. The first-order valence-corrected chi connectivity index (χ1v) is 9.80. The first-order valence-electron chi connectivity index (χ1n) is 7.87. The summed E-state index contributed by atoms with van der Waals surface area (Å²) in [5, 5.41) is 0. The van der Waals surface area contributed by atoms with Gasteiger partial charge in [-0.3, -0.25) is 0 Å². The molecule has 0 aliphatic carbocycles. The Morgan fingerprint density at radius 1 is 0.909 bits per heavy atom. The van der Waals surface area contributed by atoms with E-state index in [1.807, 2.05) is 48.5 Å². The zero-order valence-corrected chi connectivity index (χ0v) is 16.3.